The minimum Gasteiger partial charge on any atom is -0.462 e. The van der Waals surface area contributed by atoms with E-state index in [0.29, 0.717) is 6.42 Å². The SMILES string of the molecule is CCCCCCCC/C=C/CCCCCC(=O)O[C@@H](COC(=O)CCCCCCCCCCCCCCCCCCCCCC)CO[C@H]1O[C@@H](CO)[C@@H](O)C(O)C1O. The van der Waals surface area contributed by atoms with Gasteiger partial charge in [0, 0.05) is 12.8 Å². The summed E-state index contributed by atoms with van der Waals surface area (Å²) in [5.74, 6) is -0.813. The topological polar surface area (TPSA) is 152 Å². The summed E-state index contributed by atoms with van der Waals surface area (Å²) in [6, 6.07) is 0. The molecular weight excluding hydrogens is 737 g/mol. The van der Waals surface area contributed by atoms with Crippen LogP contribution in [0.4, 0.5) is 0 Å². The fraction of sp³-hybridized carbons (Fsp3) is 0.917. The first-order chi connectivity index (χ1) is 28.3. The molecule has 0 spiro atoms. The third-order valence-electron chi connectivity index (χ3n) is 11.4. The standard InChI is InChI=1S/C48H90O10/c1-3-5-7-9-11-13-15-17-18-19-20-21-22-23-25-26-28-30-32-34-36-43(50)55-39-41(40-56-48-47(54)46(53)45(52)42(38-49)58-48)57-44(51)37-35-33-31-29-27-24-16-14-12-10-8-6-4-2/h24,27,41-42,45-49,52-54H,3-23,25-26,28-40H2,1-2H3/b27-24+/t41-,42-,45+,46?,47?,48-/m0/s1. The molecule has 0 aromatic rings. The van der Waals surface area contributed by atoms with Crippen molar-refractivity contribution in [2.75, 3.05) is 19.8 Å². The molecule has 1 saturated heterocycles. The molecule has 1 rings (SSSR count). The van der Waals surface area contributed by atoms with Gasteiger partial charge in [-0.15, -0.1) is 0 Å². The number of carbonyl (C=O) groups excluding carboxylic acids is 2. The second-order valence-electron chi connectivity index (χ2n) is 16.9. The highest BCUT2D eigenvalue weighted by Crippen LogP contribution is 2.23. The number of carbonyl (C=O) groups is 2. The van der Waals surface area contributed by atoms with Gasteiger partial charge in [-0.2, -0.15) is 0 Å². The maximum Gasteiger partial charge on any atom is 0.306 e. The molecule has 6 atom stereocenters. The third-order valence-corrected chi connectivity index (χ3v) is 11.4. The molecule has 0 bridgehead atoms. The molecule has 58 heavy (non-hydrogen) atoms. The molecule has 0 aromatic carbocycles. The average molecular weight is 827 g/mol. The molecule has 10 heteroatoms. The number of hydrogen-bond donors (Lipinski definition) is 4. The second kappa shape index (κ2) is 39.6. The monoisotopic (exact) mass is 827 g/mol. The van der Waals surface area contributed by atoms with Crippen LogP contribution in [0.3, 0.4) is 0 Å². The van der Waals surface area contributed by atoms with Crippen LogP contribution in [-0.2, 0) is 28.5 Å². The fourth-order valence-corrected chi connectivity index (χ4v) is 7.54. The van der Waals surface area contributed by atoms with E-state index in [-0.39, 0.29) is 32.0 Å². The third kappa shape index (κ3) is 30.5. The zero-order valence-corrected chi connectivity index (χ0v) is 37.3. The number of esters is 2. The predicted octanol–water partition coefficient (Wildman–Crippen LogP) is 10.7. The van der Waals surface area contributed by atoms with Crippen LogP contribution in [0, 0.1) is 0 Å². The van der Waals surface area contributed by atoms with E-state index in [4.69, 9.17) is 18.9 Å². The molecule has 1 aliphatic rings. The summed E-state index contributed by atoms with van der Waals surface area (Å²) in [5, 5.41) is 40.1. The van der Waals surface area contributed by atoms with Crippen molar-refractivity contribution in [3.8, 4) is 0 Å². The Morgan fingerprint density at radius 2 is 0.914 bits per heavy atom. The molecule has 0 aromatic heterocycles. The first kappa shape index (κ1) is 54.5. The predicted molar refractivity (Wildman–Crippen MR) is 233 cm³/mol. The van der Waals surface area contributed by atoms with Crippen molar-refractivity contribution in [2.45, 2.75) is 263 Å². The zero-order valence-electron chi connectivity index (χ0n) is 37.3. The smallest absolute Gasteiger partial charge is 0.306 e. The van der Waals surface area contributed by atoms with Crippen LogP contribution in [0.15, 0.2) is 12.2 Å². The van der Waals surface area contributed by atoms with Gasteiger partial charge in [0.05, 0.1) is 13.2 Å². The van der Waals surface area contributed by atoms with Gasteiger partial charge < -0.3 is 39.4 Å². The molecule has 4 N–H and O–H groups in total. The fourth-order valence-electron chi connectivity index (χ4n) is 7.54. The summed E-state index contributed by atoms with van der Waals surface area (Å²) in [5.41, 5.74) is 0. The normalized spacial score (nSPS) is 20.1. The lowest BCUT2D eigenvalue weighted by molar-refractivity contribution is -0.305. The summed E-state index contributed by atoms with van der Waals surface area (Å²) >= 11 is 0. The van der Waals surface area contributed by atoms with Crippen LogP contribution in [0.5, 0.6) is 0 Å². The van der Waals surface area contributed by atoms with Gasteiger partial charge in [0.15, 0.2) is 12.4 Å². The van der Waals surface area contributed by atoms with E-state index in [1.807, 2.05) is 0 Å². The number of allylic oxidation sites excluding steroid dienone is 2. The van der Waals surface area contributed by atoms with Gasteiger partial charge in [0.25, 0.3) is 0 Å². The maximum atomic E-state index is 12.8. The molecule has 1 heterocycles. The van der Waals surface area contributed by atoms with Crippen molar-refractivity contribution in [3.63, 3.8) is 0 Å². The molecule has 2 unspecified atom stereocenters. The summed E-state index contributed by atoms with van der Waals surface area (Å²) in [7, 11) is 0. The number of ether oxygens (including phenoxy) is 4. The molecule has 1 fully saturated rings. The lowest BCUT2D eigenvalue weighted by atomic mass is 9.99. The summed E-state index contributed by atoms with van der Waals surface area (Å²) < 4.78 is 22.2. The number of hydrogen-bond acceptors (Lipinski definition) is 10. The van der Waals surface area contributed by atoms with Gasteiger partial charge in [-0.05, 0) is 38.5 Å². The van der Waals surface area contributed by atoms with E-state index in [0.717, 1.165) is 44.9 Å². The lowest BCUT2D eigenvalue weighted by Crippen LogP contribution is -2.59. The van der Waals surface area contributed by atoms with Gasteiger partial charge in [-0.3, -0.25) is 9.59 Å². The van der Waals surface area contributed by atoms with Crippen LogP contribution >= 0.6 is 0 Å². The Bertz CT molecular complexity index is 959. The van der Waals surface area contributed by atoms with Crippen molar-refractivity contribution >= 4 is 11.9 Å². The number of unbranched alkanes of at least 4 members (excludes halogenated alkanes) is 28. The minimum absolute atomic E-state index is 0.214. The summed E-state index contributed by atoms with van der Waals surface area (Å²) in [4.78, 5) is 25.3. The van der Waals surface area contributed by atoms with Crippen molar-refractivity contribution in [1.82, 2.24) is 0 Å². The van der Waals surface area contributed by atoms with Crippen molar-refractivity contribution in [2.24, 2.45) is 0 Å². The molecule has 0 aliphatic carbocycles. The number of aliphatic hydroxyl groups excluding tert-OH is 4. The Morgan fingerprint density at radius 3 is 1.36 bits per heavy atom. The van der Waals surface area contributed by atoms with Gasteiger partial charge in [-0.1, -0.05) is 187 Å². The van der Waals surface area contributed by atoms with Gasteiger partial charge in [0.1, 0.15) is 31.0 Å². The Balaban J connectivity index is 2.26. The van der Waals surface area contributed by atoms with E-state index in [2.05, 4.69) is 26.0 Å². The Hall–Kier alpha value is -1.56. The molecular formula is C48H90O10. The van der Waals surface area contributed by atoms with Crippen molar-refractivity contribution < 1.29 is 49.0 Å². The van der Waals surface area contributed by atoms with Crippen LogP contribution in [0.25, 0.3) is 0 Å². The first-order valence-electron chi connectivity index (χ1n) is 24.3. The van der Waals surface area contributed by atoms with E-state index in [1.54, 1.807) is 0 Å². The first-order valence-corrected chi connectivity index (χ1v) is 24.3. The quantitative estimate of drug-likeness (QED) is 0.0266. The van der Waals surface area contributed by atoms with E-state index in [9.17, 15) is 30.0 Å². The molecule has 0 radical (unpaired) electrons. The van der Waals surface area contributed by atoms with E-state index >= 15 is 0 Å². The number of rotatable bonds is 41. The van der Waals surface area contributed by atoms with Gasteiger partial charge in [0.2, 0.25) is 0 Å². The Kier molecular flexibility index (Phi) is 37.2. The van der Waals surface area contributed by atoms with E-state index < -0.39 is 49.4 Å². The second-order valence-corrected chi connectivity index (χ2v) is 16.9. The number of aliphatic hydroxyl groups is 4. The molecule has 0 amide bonds. The highest BCUT2D eigenvalue weighted by Gasteiger charge is 2.44. The highest BCUT2D eigenvalue weighted by molar-refractivity contribution is 5.70. The highest BCUT2D eigenvalue weighted by atomic mass is 16.7. The summed E-state index contributed by atoms with van der Waals surface area (Å²) in [6.07, 6.45) is 35.1. The Labute approximate surface area is 354 Å². The molecule has 10 nitrogen and oxygen atoms in total. The molecule has 1 aliphatic heterocycles. The van der Waals surface area contributed by atoms with Crippen LogP contribution < -0.4 is 0 Å². The average Bonchev–Trinajstić information content (AvgIpc) is 3.22. The van der Waals surface area contributed by atoms with Crippen LogP contribution in [0.2, 0.25) is 0 Å². The van der Waals surface area contributed by atoms with Crippen LogP contribution in [0.1, 0.15) is 226 Å². The van der Waals surface area contributed by atoms with Crippen LogP contribution in [-0.4, -0.2) is 89.0 Å². The van der Waals surface area contributed by atoms with Crippen molar-refractivity contribution in [1.29, 1.82) is 0 Å². The lowest BCUT2D eigenvalue weighted by Gasteiger charge is -2.39. The largest absolute Gasteiger partial charge is 0.462 e. The van der Waals surface area contributed by atoms with Gasteiger partial charge in [-0.25, -0.2) is 0 Å². The maximum absolute atomic E-state index is 12.8. The molecule has 0 saturated carbocycles. The zero-order chi connectivity index (χ0) is 42.3. The van der Waals surface area contributed by atoms with Gasteiger partial charge >= 0.3 is 11.9 Å². The van der Waals surface area contributed by atoms with Crippen molar-refractivity contribution in [3.05, 3.63) is 12.2 Å². The minimum atomic E-state index is -1.59. The summed E-state index contributed by atoms with van der Waals surface area (Å²) in [6.45, 7) is 3.43. The molecule has 342 valence electrons. The Morgan fingerprint density at radius 1 is 0.517 bits per heavy atom. The van der Waals surface area contributed by atoms with E-state index in [1.165, 1.54) is 148 Å².